The third kappa shape index (κ3) is 3.15. The van der Waals surface area contributed by atoms with E-state index < -0.39 is 15.6 Å². The molecule has 0 aliphatic rings. The molecule has 0 saturated carbocycles. The number of alkyl halides is 3. The zero-order valence-electron chi connectivity index (χ0n) is 13.5. The van der Waals surface area contributed by atoms with Gasteiger partial charge in [-0.25, -0.2) is 0 Å². The first kappa shape index (κ1) is 17.8. The Bertz CT molecular complexity index is 1240. The maximum absolute atomic E-state index is 12.4. The molecule has 0 bridgehead atoms. The Kier molecular flexibility index (Phi) is 4.12. The summed E-state index contributed by atoms with van der Waals surface area (Å²) >= 11 is 1.62. The molecule has 138 valence electrons. The van der Waals surface area contributed by atoms with E-state index in [4.69, 9.17) is 0 Å². The van der Waals surface area contributed by atoms with Crippen LogP contribution in [0, 0.1) is 0 Å². The zero-order valence-corrected chi connectivity index (χ0v) is 15.2. The molecule has 0 amide bonds. The van der Waals surface area contributed by atoms with Gasteiger partial charge in [-0.1, -0.05) is 48.5 Å². The fraction of sp³-hybridized carbons (Fsp3) is 0.0526. The van der Waals surface area contributed by atoms with Crippen molar-refractivity contribution in [3.05, 3.63) is 66.7 Å². The van der Waals surface area contributed by atoms with Crippen LogP contribution in [0.15, 0.2) is 66.7 Å². The number of fused-ring (bicyclic) bond motifs is 3. The van der Waals surface area contributed by atoms with E-state index in [1.54, 1.807) is 23.5 Å². The molecule has 8 heteroatoms. The summed E-state index contributed by atoms with van der Waals surface area (Å²) in [5.74, 6) is -0.389. The topological polar surface area (TPSA) is 43.4 Å². The summed E-state index contributed by atoms with van der Waals surface area (Å²) in [5, 5.41) is 2.23. The van der Waals surface area contributed by atoms with E-state index in [1.165, 1.54) is 12.1 Å². The zero-order chi connectivity index (χ0) is 19.2. The number of hydrogen-bond acceptors (Lipinski definition) is 4. The van der Waals surface area contributed by atoms with Crippen molar-refractivity contribution in [3.63, 3.8) is 0 Å². The molecule has 0 unspecified atom stereocenters. The average molecular weight is 408 g/mol. The molecule has 3 nitrogen and oxygen atoms in total. The lowest BCUT2D eigenvalue weighted by Crippen LogP contribution is -2.28. The Morgan fingerprint density at radius 3 is 2.19 bits per heavy atom. The monoisotopic (exact) mass is 408 g/mol. The molecule has 4 rings (SSSR count). The molecule has 4 aromatic rings. The van der Waals surface area contributed by atoms with Crippen molar-refractivity contribution in [1.29, 1.82) is 0 Å². The predicted molar refractivity (Wildman–Crippen MR) is 100 cm³/mol. The highest BCUT2D eigenvalue weighted by atomic mass is 32.2. The van der Waals surface area contributed by atoms with Gasteiger partial charge in [-0.05, 0) is 29.3 Å². The van der Waals surface area contributed by atoms with Crippen molar-refractivity contribution in [2.24, 2.45) is 0 Å². The summed E-state index contributed by atoms with van der Waals surface area (Å²) in [6.07, 6.45) is 0. The Hall–Kier alpha value is -2.58. The van der Waals surface area contributed by atoms with Crippen LogP contribution in [-0.4, -0.2) is 13.9 Å². The van der Waals surface area contributed by atoms with Crippen LogP contribution in [0.5, 0.6) is 5.75 Å². The Morgan fingerprint density at radius 1 is 0.815 bits per heavy atom. The number of thiophene rings is 1. The smallest absolute Gasteiger partial charge is 0.376 e. The van der Waals surface area contributed by atoms with Gasteiger partial charge in [-0.2, -0.15) is 21.6 Å². The molecule has 0 N–H and O–H groups in total. The van der Waals surface area contributed by atoms with Crippen LogP contribution in [0.2, 0.25) is 0 Å². The molecule has 1 aromatic heterocycles. The van der Waals surface area contributed by atoms with Crippen LogP contribution < -0.4 is 4.18 Å². The maximum Gasteiger partial charge on any atom is 0.534 e. The minimum atomic E-state index is -5.68. The van der Waals surface area contributed by atoms with Gasteiger partial charge in [-0.3, -0.25) is 0 Å². The minimum Gasteiger partial charge on any atom is -0.376 e. The number of halogens is 3. The minimum absolute atomic E-state index is 0.389. The summed E-state index contributed by atoms with van der Waals surface area (Å²) in [7, 11) is -5.68. The molecular formula is C19H11F3O3S2. The molecule has 3 aromatic carbocycles. The van der Waals surface area contributed by atoms with E-state index in [9.17, 15) is 21.6 Å². The normalized spacial score (nSPS) is 12.6. The van der Waals surface area contributed by atoms with Gasteiger partial charge in [0.25, 0.3) is 0 Å². The summed E-state index contributed by atoms with van der Waals surface area (Å²) < 4.78 is 65.8. The lowest BCUT2D eigenvalue weighted by molar-refractivity contribution is -0.0500. The molecule has 0 spiro atoms. The Balaban J connectivity index is 1.75. The van der Waals surface area contributed by atoms with Crippen molar-refractivity contribution in [2.75, 3.05) is 0 Å². The second kappa shape index (κ2) is 6.24. The predicted octanol–water partition coefficient (Wildman–Crippen LogP) is 5.95. The second-order valence-electron chi connectivity index (χ2n) is 5.79. The summed E-state index contributed by atoms with van der Waals surface area (Å²) in [4.78, 5) is 0. The molecule has 0 aliphatic heterocycles. The quantitative estimate of drug-likeness (QED) is 0.311. The number of hydrogen-bond donors (Lipinski definition) is 0. The third-order valence-electron chi connectivity index (χ3n) is 4.06. The highest BCUT2D eigenvalue weighted by molar-refractivity contribution is 7.88. The highest BCUT2D eigenvalue weighted by Crippen LogP contribution is 2.40. The fourth-order valence-corrected chi connectivity index (χ4v) is 4.54. The highest BCUT2D eigenvalue weighted by Gasteiger charge is 2.48. The van der Waals surface area contributed by atoms with E-state index in [0.29, 0.717) is 0 Å². The number of rotatable bonds is 3. The molecule has 0 radical (unpaired) electrons. The van der Waals surface area contributed by atoms with Gasteiger partial charge in [0.05, 0.1) is 0 Å². The van der Waals surface area contributed by atoms with E-state index in [0.717, 1.165) is 31.3 Å². The van der Waals surface area contributed by atoms with Gasteiger partial charge in [0.1, 0.15) is 5.75 Å². The molecule has 0 aliphatic carbocycles. The van der Waals surface area contributed by atoms with Crippen LogP contribution in [0.4, 0.5) is 13.2 Å². The van der Waals surface area contributed by atoms with Gasteiger partial charge in [-0.15, -0.1) is 11.3 Å². The molecule has 0 saturated heterocycles. The lowest BCUT2D eigenvalue weighted by atomic mass is 10.0. The molecule has 0 fully saturated rings. The van der Waals surface area contributed by atoms with Crippen molar-refractivity contribution in [2.45, 2.75) is 5.51 Å². The standard InChI is InChI=1S/C19H11F3O3S2/c20-19(21,22)27(23,24)25-13-10-8-12(9-11-13)14-5-3-6-16-15-4-1-2-7-17(15)26-18(14)16/h1-11H. The van der Waals surface area contributed by atoms with Crippen molar-refractivity contribution in [3.8, 4) is 16.9 Å². The van der Waals surface area contributed by atoms with Gasteiger partial charge < -0.3 is 4.18 Å². The number of benzene rings is 3. The van der Waals surface area contributed by atoms with Crippen molar-refractivity contribution < 1.29 is 25.8 Å². The van der Waals surface area contributed by atoms with E-state index in [-0.39, 0.29) is 5.75 Å². The SMILES string of the molecule is O=S(=O)(Oc1ccc(-c2cccc3c2sc2ccccc23)cc1)C(F)(F)F. The van der Waals surface area contributed by atoms with Crippen LogP contribution >= 0.6 is 11.3 Å². The van der Waals surface area contributed by atoms with E-state index in [2.05, 4.69) is 4.18 Å². The average Bonchev–Trinajstić information content (AvgIpc) is 3.00. The van der Waals surface area contributed by atoms with Crippen molar-refractivity contribution in [1.82, 2.24) is 0 Å². The maximum atomic E-state index is 12.4. The summed E-state index contributed by atoms with van der Waals surface area (Å²) in [5.41, 5.74) is -3.79. The molecule has 0 atom stereocenters. The van der Waals surface area contributed by atoms with Crippen LogP contribution in [0.3, 0.4) is 0 Å². The third-order valence-corrected chi connectivity index (χ3v) is 6.26. The molecule has 1 heterocycles. The lowest BCUT2D eigenvalue weighted by Gasteiger charge is -2.10. The van der Waals surface area contributed by atoms with Crippen LogP contribution in [0.25, 0.3) is 31.3 Å². The first-order chi connectivity index (χ1) is 12.8. The van der Waals surface area contributed by atoms with Gasteiger partial charge in [0.2, 0.25) is 0 Å². The fourth-order valence-electron chi connectivity index (χ4n) is 2.84. The van der Waals surface area contributed by atoms with Crippen LogP contribution in [0.1, 0.15) is 0 Å². The van der Waals surface area contributed by atoms with Crippen molar-refractivity contribution >= 4 is 41.6 Å². The van der Waals surface area contributed by atoms with Crippen LogP contribution in [-0.2, 0) is 10.1 Å². The van der Waals surface area contributed by atoms with E-state index >= 15 is 0 Å². The Morgan fingerprint density at radius 2 is 1.48 bits per heavy atom. The first-order valence-corrected chi connectivity index (χ1v) is 10.0. The van der Waals surface area contributed by atoms with Gasteiger partial charge in [0.15, 0.2) is 0 Å². The van der Waals surface area contributed by atoms with Gasteiger partial charge in [0, 0.05) is 20.2 Å². The molecule has 27 heavy (non-hydrogen) atoms. The Labute approximate surface area is 156 Å². The summed E-state index contributed by atoms with van der Waals surface area (Å²) in [6.45, 7) is 0. The largest absolute Gasteiger partial charge is 0.534 e. The molecular weight excluding hydrogens is 397 g/mol. The summed E-state index contributed by atoms with van der Waals surface area (Å²) in [6, 6.07) is 19.4. The van der Waals surface area contributed by atoms with Gasteiger partial charge >= 0.3 is 15.6 Å². The van der Waals surface area contributed by atoms with E-state index in [1.807, 2.05) is 42.5 Å². The second-order valence-corrected chi connectivity index (χ2v) is 8.38. The first-order valence-electron chi connectivity index (χ1n) is 7.78.